The summed E-state index contributed by atoms with van der Waals surface area (Å²) in [5.41, 5.74) is 2.96. The van der Waals surface area contributed by atoms with Crippen LogP contribution in [0.15, 0.2) is 51.4 Å². The summed E-state index contributed by atoms with van der Waals surface area (Å²) in [6.45, 7) is 2.05. The molecule has 0 aliphatic heterocycles. The Morgan fingerprint density at radius 3 is 2.71 bits per heavy atom. The van der Waals surface area contributed by atoms with Crippen LogP contribution >= 0.6 is 15.9 Å². The van der Waals surface area contributed by atoms with Crippen LogP contribution in [0, 0.1) is 12.7 Å². The molecule has 2 nitrogen and oxygen atoms in total. The molecule has 0 saturated heterocycles. The molecule has 1 atom stereocenters. The highest BCUT2D eigenvalue weighted by molar-refractivity contribution is 9.10. The molecule has 0 amide bonds. The van der Waals surface area contributed by atoms with Gasteiger partial charge in [0.2, 0.25) is 0 Å². The Kier molecular flexibility index (Phi) is 3.83. The molecule has 0 fully saturated rings. The second kappa shape index (κ2) is 5.62. The fraction of sp³-hybridized carbons (Fsp3) is 0.176. The molecule has 21 heavy (non-hydrogen) atoms. The minimum atomic E-state index is -0.257. The van der Waals surface area contributed by atoms with E-state index in [2.05, 4.69) is 34.2 Å². The highest BCUT2D eigenvalue weighted by Crippen LogP contribution is 2.32. The van der Waals surface area contributed by atoms with Crippen molar-refractivity contribution in [2.45, 2.75) is 13.0 Å². The minimum Gasteiger partial charge on any atom is -0.459 e. The molecule has 0 saturated carbocycles. The molecule has 2 aromatic carbocycles. The summed E-state index contributed by atoms with van der Waals surface area (Å²) in [7, 11) is 1.88. The molecule has 4 heteroatoms. The van der Waals surface area contributed by atoms with Crippen molar-refractivity contribution in [3.05, 3.63) is 69.6 Å². The largest absolute Gasteiger partial charge is 0.459 e. The predicted octanol–water partition coefficient (Wildman–Crippen LogP) is 4.95. The van der Waals surface area contributed by atoms with E-state index in [1.807, 2.05) is 25.2 Å². The molecule has 108 valence electrons. The number of aryl methyl sites for hydroxylation is 1. The van der Waals surface area contributed by atoms with E-state index in [0.717, 1.165) is 21.2 Å². The number of hydrogen-bond acceptors (Lipinski definition) is 2. The van der Waals surface area contributed by atoms with Crippen molar-refractivity contribution in [2.24, 2.45) is 0 Å². The van der Waals surface area contributed by atoms with E-state index in [1.165, 1.54) is 17.7 Å². The number of hydrogen-bond donors (Lipinski definition) is 1. The maximum atomic E-state index is 13.3. The quantitative estimate of drug-likeness (QED) is 0.724. The van der Waals surface area contributed by atoms with Gasteiger partial charge in [-0.3, -0.25) is 0 Å². The summed E-state index contributed by atoms with van der Waals surface area (Å²) in [6.07, 6.45) is 0. The van der Waals surface area contributed by atoms with Gasteiger partial charge in [0, 0.05) is 9.86 Å². The molecule has 1 heterocycles. The fourth-order valence-corrected chi connectivity index (χ4v) is 2.99. The molecule has 0 aliphatic carbocycles. The summed E-state index contributed by atoms with van der Waals surface area (Å²) in [6, 6.07) is 12.5. The molecule has 3 aromatic rings. The van der Waals surface area contributed by atoms with E-state index in [-0.39, 0.29) is 11.9 Å². The second-order valence-electron chi connectivity index (χ2n) is 5.08. The fourth-order valence-electron chi connectivity index (χ4n) is 2.51. The molecular formula is C17H15BrFNO. The third kappa shape index (κ3) is 2.74. The zero-order chi connectivity index (χ0) is 15.0. The topological polar surface area (TPSA) is 25.2 Å². The van der Waals surface area contributed by atoms with Crippen molar-refractivity contribution < 1.29 is 8.81 Å². The van der Waals surface area contributed by atoms with Crippen LogP contribution in [-0.4, -0.2) is 7.05 Å². The van der Waals surface area contributed by atoms with Crippen molar-refractivity contribution in [2.75, 3.05) is 7.05 Å². The van der Waals surface area contributed by atoms with Crippen LogP contribution in [0.25, 0.3) is 11.0 Å². The first kappa shape index (κ1) is 14.3. The van der Waals surface area contributed by atoms with Crippen LogP contribution in [0.1, 0.15) is 22.9 Å². The summed E-state index contributed by atoms with van der Waals surface area (Å²) in [5, 5.41) is 4.03. The van der Waals surface area contributed by atoms with Crippen molar-refractivity contribution in [3.8, 4) is 0 Å². The van der Waals surface area contributed by atoms with E-state index in [4.69, 9.17) is 4.42 Å². The lowest BCUT2D eigenvalue weighted by atomic mass is 10.0. The van der Waals surface area contributed by atoms with Gasteiger partial charge in [0.15, 0.2) is 0 Å². The lowest BCUT2D eigenvalue weighted by molar-refractivity contribution is 0.490. The number of furan rings is 1. The first-order valence-corrected chi connectivity index (χ1v) is 7.50. The van der Waals surface area contributed by atoms with Gasteiger partial charge < -0.3 is 9.73 Å². The number of nitrogens with one attached hydrogen (secondary N) is 1. The second-order valence-corrected chi connectivity index (χ2v) is 5.93. The Morgan fingerprint density at radius 1 is 1.14 bits per heavy atom. The van der Waals surface area contributed by atoms with E-state index in [9.17, 15) is 4.39 Å². The van der Waals surface area contributed by atoms with Gasteiger partial charge in [-0.05, 0) is 49.9 Å². The number of benzene rings is 2. The van der Waals surface area contributed by atoms with E-state index in [1.54, 1.807) is 6.07 Å². The lowest BCUT2D eigenvalue weighted by Crippen LogP contribution is -2.17. The molecule has 0 aliphatic rings. The molecule has 3 rings (SSSR count). The third-order valence-corrected chi connectivity index (χ3v) is 4.26. The SMILES string of the molecule is CNC(c1cc2cc(F)ccc2o1)c1cc(C)ccc1Br. The molecule has 1 N–H and O–H groups in total. The van der Waals surface area contributed by atoms with E-state index < -0.39 is 0 Å². The first-order chi connectivity index (χ1) is 10.1. The van der Waals surface area contributed by atoms with Gasteiger partial charge in [0.1, 0.15) is 17.2 Å². The van der Waals surface area contributed by atoms with Gasteiger partial charge in [-0.15, -0.1) is 0 Å². The van der Waals surface area contributed by atoms with Gasteiger partial charge >= 0.3 is 0 Å². The summed E-state index contributed by atoms with van der Waals surface area (Å²) in [5.74, 6) is 0.511. The van der Waals surface area contributed by atoms with Crippen molar-refractivity contribution in [1.29, 1.82) is 0 Å². The highest BCUT2D eigenvalue weighted by Gasteiger charge is 2.19. The maximum Gasteiger partial charge on any atom is 0.134 e. The molecule has 1 unspecified atom stereocenters. The number of halogens is 2. The Morgan fingerprint density at radius 2 is 1.95 bits per heavy atom. The minimum absolute atomic E-state index is 0.0882. The highest BCUT2D eigenvalue weighted by atomic mass is 79.9. The summed E-state index contributed by atoms with van der Waals surface area (Å²) in [4.78, 5) is 0. The monoisotopic (exact) mass is 347 g/mol. The normalized spacial score (nSPS) is 12.8. The van der Waals surface area contributed by atoms with Gasteiger partial charge in [-0.1, -0.05) is 33.6 Å². The molecular weight excluding hydrogens is 333 g/mol. The van der Waals surface area contributed by atoms with Crippen LogP contribution in [0.2, 0.25) is 0 Å². The van der Waals surface area contributed by atoms with Crippen LogP contribution in [0.5, 0.6) is 0 Å². The third-order valence-electron chi connectivity index (χ3n) is 3.53. The zero-order valence-corrected chi connectivity index (χ0v) is 13.4. The van der Waals surface area contributed by atoms with Crippen molar-refractivity contribution in [3.63, 3.8) is 0 Å². The van der Waals surface area contributed by atoms with Crippen LogP contribution in [-0.2, 0) is 0 Å². The van der Waals surface area contributed by atoms with Crippen molar-refractivity contribution >= 4 is 26.9 Å². The standard InChI is InChI=1S/C17H15BrFNO/c1-10-3-5-14(18)13(7-10)17(20-2)16-9-11-8-12(19)4-6-15(11)21-16/h3-9,17,20H,1-2H3. The van der Waals surface area contributed by atoms with Crippen LogP contribution in [0.4, 0.5) is 4.39 Å². The van der Waals surface area contributed by atoms with Gasteiger partial charge in [-0.25, -0.2) is 4.39 Å². The number of fused-ring (bicyclic) bond motifs is 1. The van der Waals surface area contributed by atoms with E-state index >= 15 is 0 Å². The summed E-state index contributed by atoms with van der Waals surface area (Å²) < 4.78 is 20.2. The Labute approximate surface area is 131 Å². The molecule has 0 radical (unpaired) electrons. The average Bonchev–Trinajstić information content (AvgIpc) is 2.86. The lowest BCUT2D eigenvalue weighted by Gasteiger charge is -2.16. The zero-order valence-electron chi connectivity index (χ0n) is 11.8. The molecule has 0 spiro atoms. The number of rotatable bonds is 3. The molecule has 1 aromatic heterocycles. The maximum absolute atomic E-state index is 13.3. The van der Waals surface area contributed by atoms with Crippen molar-refractivity contribution in [1.82, 2.24) is 5.32 Å². The predicted molar refractivity (Wildman–Crippen MR) is 86.0 cm³/mol. The first-order valence-electron chi connectivity index (χ1n) is 6.71. The van der Waals surface area contributed by atoms with E-state index in [0.29, 0.717) is 5.58 Å². The Bertz CT molecular complexity index is 797. The smallest absolute Gasteiger partial charge is 0.134 e. The van der Waals surface area contributed by atoms with Crippen LogP contribution < -0.4 is 5.32 Å². The average molecular weight is 348 g/mol. The van der Waals surface area contributed by atoms with Gasteiger partial charge in [-0.2, -0.15) is 0 Å². The Balaban J connectivity index is 2.11. The van der Waals surface area contributed by atoms with Crippen LogP contribution in [0.3, 0.4) is 0 Å². The van der Waals surface area contributed by atoms with Gasteiger partial charge in [0.25, 0.3) is 0 Å². The molecule has 0 bridgehead atoms. The van der Waals surface area contributed by atoms with Gasteiger partial charge in [0.05, 0.1) is 6.04 Å². The summed E-state index contributed by atoms with van der Waals surface area (Å²) >= 11 is 3.58. The Hall–Kier alpha value is -1.65.